The minimum atomic E-state index is -0.599. The van der Waals surface area contributed by atoms with Gasteiger partial charge in [-0.3, -0.25) is 14.9 Å². The summed E-state index contributed by atoms with van der Waals surface area (Å²) in [5.41, 5.74) is 1.58. The van der Waals surface area contributed by atoms with Gasteiger partial charge in [0.25, 0.3) is 11.6 Å². The van der Waals surface area contributed by atoms with Crippen molar-refractivity contribution in [3.63, 3.8) is 0 Å². The zero-order valence-electron chi connectivity index (χ0n) is 15.0. The number of nitro groups is 1. The molecule has 0 saturated carbocycles. The molecule has 1 aliphatic rings. The molecule has 1 atom stereocenters. The molecule has 1 aliphatic heterocycles. The molecule has 0 radical (unpaired) electrons. The molecular formula is C18H19ClN4O4. The van der Waals surface area contributed by atoms with Crippen LogP contribution in [0.1, 0.15) is 34.6 Å². The van der Waals surface area contributed by atoms with Crippen molar-refractivity contribution in [3.8, 4) is 6.01 Å². The van der Waals surface area contributed by atoms with E-state index in [1.54, 1.807) is 4.90 Å². The number of benzene rings is 1. The van der Waals surface area contributed by atoms with Crippen molar-refractivity contribution in [2.24, 2.45) is 0 Å². The van der Waals surface area contributed by atoms with Gasteiger partial charge in [0.1, 0.15) is 11.1 Å². The summed E-state index contributed by atoms with van der Waals surface area (Å²) in [7, 11) is 0. The number of halogens is 1. The van der Waals surface area contributed by atoms with Gasteiger partial charge in [-0.05, 0) is 44.9 Å². The van der Waals surface area contributed by atoms with Crippen LogP contribution in [0, 0.1) is 24.0 Å². The zero-order chi connectivity index (χ0) is 19.6. The minimum absolute atomic E-state index is 0.00312. The highest BCUT2D eigenvalue weighted by Crippen LogP contribution is 2.26. The number of rotatable bonds is 4. The average Bonchev–Trinajstić information content (AvgIpc) is 2.60. The van der Waals surface area contributed by atoms with Gasteiger partial charge in [-0.2, -0.15) is 0 Å². The summed E-state index contributed by atoms with van der Waals surface area (Å²) in [5.74, 6) is -0.288. The molecular weight excluding hydrogens is 372 g/mol. The Bertz CT molecular complexity index is 869. The molecule has 142 valence electrons. The van der Waals surface area contributed by atoms with E-state index in [4.69, 9.17) is 16.3 Å². The minimum Gasteiger partial charge on any atom is -0.458 e. The van der Waals surface area contributed by atoms with Gasteiger partial charge in [0.05, 0.1) is 11.5 Å². The van der Waals surface area contributed by atoms with Crippen LogP contribution in [0.2, 0.25) is 5.02 Å². The highest BCUT2D eigenvalue weighted by molar-refractivity contribution is 6.32. The van der Waals surface area contributed by atoms with Crippen LogP contribution in [0.3, 0.4) is 0 Å². The van der Waals surface area contributed by atoms with Crippen LogP contribution in [0.5, 0.6) is 6.01 Å². The van der Waals surface area contributed by atoms with Crippen LogP contribution in [-0.2, 0) is 0 Å². The third-order valence-electron chi connectivity index (χ3n) is 4.29. The van der Waals surface area contributed by atoms with E-state index in [1.807, 2.05) is 19.9 Å². The number of carbonyl (C=O) groups is 1. The van der Waals surface area contributed by atoms with Gasteiger partial charge < -0.3 is 9.64 Å². The molecule has 1 unspecified atom stereocenters. The van der Waals surface area contributed by atoms with Crippen LogP contribution in [-0.4, -0.2) is 44.9 Å². The zero-order valence-corrected chi connectivity index (χ0v) is 15.8. The monoisotopic (exact) mass is 390 g/mol. The summed E-state index contributed by atoms with van der Waals surface area (Å²) in [4.78, 5) is 33.4. The average molecular weight is 391 g/mol. The van der Waals surface area contributed by atoms with Gasteiger partial charge in [0, 0.05) is 29.6 Å². The van der Waals surface area contributed by atoms with Crippen LogP contribution in [0.4, 0.5) is 5.69 Å². The summed E-state index contributed by atoms with van der Waals surface area (Å²) >= 11 is 5.82. The Kier molecular flexibility index (Phi) is 5.55. The summed E-state index contributed by atoms with van der Waals surface area (Å²) in [6.07, 6.45) is 1.31. The van der Waals surface area contributed by atoms with Gasteiger partial charge in [0.15, 0.2) is 0 Å². The lowest BCUT2D eigenvalue weighted by atomic mass is 10.1. The van der Waals surface area contributed by atoms with E-state index >= 15 is 0 Å². The van der Waals surface area contributed by atoms with Crippen molar-refractivity contribution in [2.75, 3.05) is 13.1 Å². The largest absolute Gasteiger partial charge is 0.458 e. The SMILES string of the molecule is Cc1cc(C)nc(OC2CCCN(C(=O)c3ccc(Cl)c([N+](=O)[O-])c3)C2)n1. The molecule has 1 aromatic carbocycles. The number of hydrogen-bond donors (Lipinski definition) is 0. The lowest BCUT2D eigenvalue weighted by Crippen LogP contribution is -2.44. The molecule has 0 bridgehead atoms. The second-order valence-corrected chi connectivity index (χ2v) is 6.90. The normalized spacial score (nSPS) is 16.9. The second-order valence-electron chi connectivity index (χ2n) is 6.49. The van der Waals surface area contributed by atoms with E-state index in [1.165, 1.54) is 18.2 Å². The van der Waals surface area contributed by atoms with E-state index in [-0.39, 0.29) is 28.3 Å². The highest BCUT2D eigenvalue weighted by Gasteiger charge is 2.27. The first-order valence-electron chi connectivity index (χ1n) is 8.55. The number of nitrogens with zero attached hydrogens (tertiary/aromatic N) is 4. The maximum Gasteiger partial charge on any atom is 0.317 e. The van der Waals surface area contributed by atoms with E-state index in [0.717, 1.165) is 24.2 Å². The van der Waals surface area contributed by atoms with Crippen LogP contribution in [0.25, 0.3) is 0 Å². The predicted octanol–water partition coefficient (Wildman–Crippen LogP) is 3.34. The maximum atomic E-state index is 12.8. The lowest BCUT2D eigenvalue weighted by molar-refractivity contribution is -0.384. The Morgan fingerprint density at radius 1 is 1.30 bits per heavy atom. The van der Waals surface area contributed by atoms with Crippen molar-refractivity contribution in [1.29, 1.82) is 0 Å². The van der Waals surface area contributed by atoms with Crippen LogP contribution >= 0.6 is 11.6 Å². The Hall–Kier alpha value is -2.74. The molecule has 2 heterocycles. The number of ether oxygens (including phenoxy) is 1. The van der Waals surface area contributed by atoms with Gasteiger partial charge >= 0.3 is 6.01 Å². The molecule has 3 rings (SSSR count). The Labute approximate surface area is 161 Å². The first-order chi connectivity index (χ1) is 12.8. The summed E-state index contributed by atoms with van der Waals surface area (Å²) in [5, 5.41) is 11.0. The van der Waals surface area contributed by atoms with E-state index in [9.17, 15) is 14.9 Å². The number of amides is 1. The molecule has 0 spiro atoms. The Morgan fingerprint density at radius 2 is 2.00 bits per heavy atom. The Morgan fingerprint density at radius 3 is 2.67 bits per heavy atom. The smallest absolute Gasteiger partial charge is 0.317 e. The number of likely N-dealkylation sites (tertiary alicyclic amines) is 1. The third kappa shape index (κ3) is 4.51. The summed E-state index contributed by atoms with van der Waals surface area (Å²) < 4.78 is 5.87. The number of aromatic nitrogens is 2. The fraction of sp³-hybridized carbons (Fsp3) is 0.389. The molecule has 9 heteroatoms. The second kappa shape index (κ2) is 7.87. The molecule has 0 aliphatic carbocycles. The van der Waals surface area contributed by atoms with E-state index < -0.39 is 4.92 Å². The molecule has 1 aromatic heterocycles. The number of hydrogen-bond acceptors (Lipinski definition) is 6. The van der Waals surface area contributed by atoms with Crippen molar-refractivity contribution in [1.82, 2.24) is 14.9 Å². The van der Waals surface area contributed by atoms with Crippen LogP contribution < -0.4 is 4.74 Å². The summed E-state index contributed by atoms with van der Waals surface area (Å²) in [6.45, 7) is 4.66. The maximum absolute atomic E-state index is 12.8. The Balaban J connectivity index is 1.73. The lowest BCUT2D eigenvalue weighted by Gasteiger charge is -2.32. The van der Waals surface area contributed by atoms with Gasteiger partial charge in [-0.25, -0.2) is 9.97 Å². The predicted molar refractivity (Wildman–Crippen MR) is 99.2 cm³/mol. The molecule has 1 fully saturated rings. The standard InChI is InChI=1S/C18H19ClN4O4/c1-11-8-12(2)21-18(20-11)27-14-4-3-7-22(10-14)17(24)13-5-6-15(19)16(9-13)23(25)26/h5-6,8-9,14H,3-4,7,10H2,1-2H3. The van der Waals surface area contributed by atoms with Gasteiger partial charge in [-0.1, -0.05) is 11.6 Å². The number of aryl methyl sites for hydroxylation is 2. The molecule has 0 N–H and O–H groups in total. The van der Waals surface area contributed by atoms with Crippen molar-refractivity contribution in [2.45, 2.75) is 32.8 Å². The first-order valence-corrected chi connectivity index (χ1v) is 8.93. The molecule has 1 saturated heterocycles. The molecule has 8 nitrogen and oxygen atoms in total. The van der Waals surface area contributed by atoms with Gasteiger partial charge in [-0.15, -0.1) is 0 Å². The highest BCUT2D eigenvalue weighted by atomic mass is 35.5. The van der Waals surface area contributed by atoms with Crippen LogP contribution in [0.15, 0.2) is 24.3 Å². The molecule has 1 amide bonds. The molecule has 2 aromatic rings. The summed E-state index contributed by atoms with van der Waals surface area (Å²) in [6, 6.07) is 6.23. The van der Waals surface area contributed by atoms with E-state index in [2.05, 4.69) is 9.97 Å². The first kappa shape index (κ1) is 19.0. The fourth-order valence-corrected chi connectivity index (χ4v) is 3.27. The quantitative estimate of drug-likeness (QED) is 0.586. The van der Waals surface area contributed by atoms with Crippen molar-refractivity contribution < 1.29 is 14.5 Å². The van der Waals surface area contributed by atoms with E-state index in [0.29, 0.717) is 19.1 Å². The topological polar surface area (TPSA) is 98.5 Å². The number of piperidine rings is 1. The fourth-order valence-electron chi connectivity index (χ4n) is 3.08. The van der Waals surface area contributed by atoms with Crippen molar-refractivity contribution in [3.05, 3.63) is 56.4 Å². The number of nitro benzene ring substituents is 1. The third-order valence-corrected chi connectivity index (χ3v) is 4.61. The van der Waals surface area contributed by atoms with Crippen molar-refractivity contribution >= 4 is 23.2 Å². The molecule has 27 heavy (non-hydrogen) atoms. The van der Waals surface area contributed by atoms with Gasteiger partial charge in [0.2, 0.25) is 0 Å². The number of carbonyl (C=O) groups excluding carboxylic acids is 1.